The maximum absolute atomic E-state index is 12.2. The summed E-state index contributed by atoms with van der Waals surface area (Å²) in [6.07, 6.45) is 1.48. The normalized spacial score (nSPS) is 10.3. The zero-order chi connectivity index (χ0) is 17.6. The lowest BCUT2D eigenvalue weighted by molar-refractivity contribution is 0.0600. The van der Waals surface area contributed by atoms with Gasteiger partial charge < -0.3 is 10.1 Å². The summed E-state index contributed by atoms with van der Waals surface area (Å²) in [4.78, 5) is 23.6. The van der Waals surface area contributed by atoms with Crippen LogP contribution in [0.25, 0.3) is 5.69 Å². The van der Waals surface area contributed by atoms with E-state index in [1.807, 2.05) is 0 Å². The molecule has 0 radical (unpaired) electrons. The minimum absolute atomic E-state index is 0.194. The van der Waals surface area contributed by atoms with Gasteiger partial charge in [0.15, 0.2) is 0 Å². The van der Waals surface area contributed by atoms with E-state index in [9.17, 15) is 9.59 Å². The number of aromatic nitrogens is 4. The van der Waals surface area contributed by atoms with E-state index < -0.39 is 5.97 Å². The first-order valence-electron chi connectivity index (χ1n) is 7.46. The molecular formula is C17H15N5O3. The van der Waals surface area contributed by atoms with Crippen molar-refractivity contribution in [1.29, 1.82) is 0 Å². The molecule has 1 N–H and O–H groups in total. The van der Waals surface area contributed by atoms with Gasteiger partial charge in [-0.25, -0.2) is 9.48 Å². The minimum Gasteiger partial charge on any atom is -0.465 e. The number of hydrogen-bond acceptors (Lipinski definition) is 6. The standard InChI is InChI=1S/C17H15N5O3/c1-25-17(24)14-4-2-12(3-5-14)10-18-16(23)13-6-8-15(9-7-13)22-11-19-20-21-22/h2-9,11H,10H2,1H3,(H,18,23). The highest BCUT2D eigenvalue weighted by Crippen LogP contribution is 2.09. The van der Waals surface area contributed by atoms with E-state index in [0.717, 1.165) is 11.3 Å². The summed E-state index contributed by atoms with van der Waals surface area (Å²) in [5.74, 6) is -0.585. The predicted octanol–water partition coefficient (Wildman–Crippen LogP) is 1.38. The third kappa shape index (κ3) is 3.86. The smallest absolute Gasteiger partial charge is 0.337 e. The van der Waals surface area contributed by atoms with E-state index in [1.54, 1.807) is 48.5 Å². The Bertz CT molecular complexity index is 858. The van der Waals surface area contributed by atoms with Crippen molar-refractivity contribution in [3.05, 3.63) is 71.5 Å². The van der Waals surface area contributed by atoms with Crippen molar-refractivity contribution in [3.8, 4) is 5.69 Å². The molecule has 0 aliphatic heterocycles. The molecule has 126 valence electrons. The lowest BCUT2D eigenvalue weighted by Gasteiger charge is -2.07. The molecule has 0 saturated heterocycles. The number of esters is 1. The number of carbonyl (C=O) groups excluding carboxylic acids is 2. The van der Waals surface area contributed by atoms with Gasteiger partial charge in [0.1, 0.15) is 6.33 Å². The Morgan fingerprint density at radius 2 is 1.72 bits per heavy atom. The second kappa shape index (κ2) is 7.35. The van der Waals surface area contributed by atoms with Crippen LogP contribution >= 0.6 is 0 Å². The molecule has 0 aliphatic carbocycles. The molecule has 2 aromatic carbocycles. The first kappa shape index (κ1) is 16.3. The number of nitrogens with zero attached hydrogens (tertiary/aromatic N) is 4. The quantitative estimate of drug-likeness (QED) is 0.706. The number of hydrogen-bond donors (Lipinski definition) is 1. The highest BCUT2D eigenvalue weighted by Gasteiger charge is 2.08. The number of methoxy groups -OCH3 is 1. The Morgan fingerprint density at radius 3 is 2.32 bits per heavy atom. The molecule has 0 aliphatic rings. The summed E-state index contributed by atoms with van der Waals surface area (Å²) < 4.78 is 6.15. The fourth-order valence-corrected chi connectivity index (χ4v) is 2.21. The van der Waals surface area contributed by atoms with Gasteiger partial charge in [0.2, 0.25) is 0 Å². The number of carbonyl (C=O) groups is 2. The Kier molecular flexibility index (Phi) is 4.79. The Balaban J connectivity index is 1.60. The average Bonchev–Trinajstić information content (AvgIpc) is 3.21. The third-order valence-corrected chi connectivity index (χ3v) is 3.57. The minimum atomic E-state index is -0.391. The Labute approximate surface area is 143 Å². The van der Waals surface area contributed by atoms with Gasteiger partial charge in [-0.15, -0.1) is 5.10 Å². The van der Waals surface area contributed by atoms with Crippen LogP contribution in [0.1, 0.15) is 26.3 Å². The van der Waals surface area contributed by atoms with E-state index in [1.165, 1.54) is 18.1 Å². The average molecular weight is 337 g/mol. The van der Waals surface area contributed by atoms with Crippen LogP contribution in [0.3, 0.4) is 0 Å². The maximum atomic E-state index is 12.2. The van der Waals surface area contributed by atoms with Gasteiger partial charge in [-0.05, 0) is 52.4 Å². The van der Waals surface area contributed by atoms with Crippen molar-refractivity contribution in [3.63, 3.8) is 0 Å². The fraction of sp³-hybridized carbons (Fsp3) is 0.118. The third-order valence-electron chi connectivity index (χ3n) is 3.57. The highest BCUT2D eigenvalue weighted by atomic mass is 16.5. The molecule has 3 rings (SSSR count). The van der Waals surface area contributed by atoms with Crippen molar-refractivity contribution in [1.82, 2.24) is 25.5 Å². The first-order chi connectivity index (χ1) is 12.2. The van der Waals surface area contributed by atoms with Crippen molar-refractivity contribution in [2.75, 3.05) is 7.11 Å². The topological polar surface area (TPSA) is 99.0 Å². The number of amides is 1. The first-order valence-corrected chi connectivity index (χ1v) is 7.46. The van der Waals surface area contributed by atoms with Crippen molar-refractivity contribution < 1.29 is 14.3 Å². The monoisotopic (exact) mass is 337 g/mol. The summed E-state index contributed by atoms with van der Waals surface area (Å²) in [6, 6.07) is 13.8. The van der Waals surface area contributed by atoms with Crippen LogP contribution in [-0.4, -0.2) is 39.2 Å². The molecule has 1 aromatic heterocycles. The molecule has 0 bridgehead atoms. The number of tetrazole rings is 1. The number of ether oxygens (including phenoxy) is 1. The SMILES string of the molecule is COC(=O)c1ccc(CNC(=O)c2ccc(-n3cnnn3)cc2)cc1. The van der Waals surface area contributed by atoms with Gasteiger partial charge in [-0.1, -0.05) is 12.1 Å². The molecule has 8 nitrogen and oxygen atoms in total. The fourth-order valence-electron chi connectivity index (χ4n) is 2.21. The van der Waals surface area contributed by atoms with Crippen molar-refractivity contribution >= 4 is 11.9 Å². The summed E-state index contributed by atoms with van der Waals surface area (Å²) in [7, 11) is 1.33. The van der Waals surface area contributed by atoms with Crippen LogP contribution < -0.4 is 5.32 Å². The molecule has 0 atom stereocenters. The second-order valence-corrected chi connectivity index (χ2v) is 5.17. The largest absolute Gasteiger partial charge is 0.465 e. The van der Waals surface area contributed by atoms with E-state index in [2.05, 4.69) is 25.6 Å². The summed E-state index contributed by atoms with van der Waals surface area (Å²) >= 11 is 0. The zero-order valence-electron chi connectivity index (χ0n) is 13.4. The number of nitrogens with one attached hydrogen (secondary N) is 1. The molecule has 25 heavy (non-hydrogen) atoms. The molecule has 0 unspecified atom stereocenters. The van der Waals surface area contributed by atoms with Crippen LogP contribution in [0, 0.1) is 0 Å². The van der Waals surface area contributed by atoms with Gasteiger partial charge in [-0.2, -0.15) is 0 Å². The highest BCUT2D eigenvalue weighted by molar-refractivity contribution is 5.94. The van der Waals surface area contributed by atoms with Gasteiger partial charge in [-0.3, -0.25) is 4.79 Å². The van der Waals surface area contributed by atoms with Gasteiger partial charge in [0, 0.05) is 12.1 Å². The van der Waals surface area contributed by atoms with Crippen LogP contribution in [0.2, 0.25) is 0 Å². The Morgan fingerprint density at radius 1 is 1.04 bits per heavy atom. The summed E-state index contributed by atoms with van der Waals surface area (Å²) in [5, 5.41) is 13.7. The summed E-state index contributed by atoms with van der Waals surface area (Å²) in [6.45, 7) is 0.356. The van der Waals surface area contributed by atoms with Crippen LogP contribution in [0.4, 0.5) is 0 Å². The van der Waals surface area contributed by atoms with E-state index in [4.69, 9.17) is 0 Å². The molecule has 0 spiro atoms. The van der Waals surface area contributed by atoms with Gasteiger partial charge in [0.25, 0.3) is 5.91 Å². The van der Waals surface area contributed by atoms with E-state index in [-0.39, 0.29) is 5.91 Å². The second-order valence-electron chi connectivity index (χ2n) is 5.17. The molecule has 1 heterocycles. The number of benzene rings is 2. The predicted molar refractivity (Wildman–Crippen MR) is 88.1 cm³/mol. The van der Waals surface area contributed by atoms with Crippen LogP contribution in [-0.2, 0) is 11.3 Å². The van der Waals surface area contributed by atoms with E-state index >= 15 is 0 Å². The maximum Gasteiger partial charge on any atom is 0.337 e. The van der Waals surface area contributed by atoms with Crippen molar-refractivity contribution in [2.45, 2.75) is 6.54 Å². The lowest BCUT2D eigenvalue weighted by Crippen LogP contribution is -2.22. The molecule has 0 saturated carbocycles. The van der Waals surface area contributed by atoms with Crippen molar-refractivity contribution in [2.24, 2.45) is 0 Å². The molecule has 0 fully saturated rings. The molecule has 3 aromatic rings. The van der Waals surface area contributed by atoms with Crippen LogP contribution in [0.15, 0.2) is 54.9 Å². The Hall–Kier alpha value is -3.55. The molecule has 8 heteroatoms. The van der Waals surface area contributed by atoms with Crippen LogP contribution in [0.5, 0.6) is 0 Å². The van der Waals surface area contributed by atoms with E-state index in [0.29, 0.717) is 17.7 Å². The summed E-state index contributed by atoms with van der Waals surface area (Å²) in [5.41, 5.74) is 2.64. The lowest BCUT2D eigenvalue weighted by atomic mass is 10.1. The van der Waals surface area contributed by atoms with Gasteiger partial charge in [0.05, 0.1) is 18.4 Å². The molecular weight excluding hydrogens is 322 g/mol. The number of rotatable bonds is 5. The molecule has 1 amide bonds. The zero-order valence-corrected chi connectivity index (χ0v) is 13.4. The van der Waals surface area contributed by atoms with Gasteiger partial charge >= 0.3 is 5.97 Å².